The Morgan fingerprint density at radius 3 is 2.96 bits per heavy atom. The average Bonchev–Trinajstić information content (AvgIpc) is 3.22. The molecule has 1 aliphatic heterocycles. The second kappa shape index (κ2) is 8.53. The molecule has 0 aliphatic carbocycles. The number of ether oxygens (including phenoxy) is 2. The zero-order chi connectivity index (χ0) is 19.2. The summed E-state index contributed by atoms with van der Waals surface area (Å²) in [5.74, 6) is 1.51. The smallest absolute Gasteiger partial charge is 0.277 e. The van der Waals surface area contributed by atoms with Crippen LogP contribution in [0.4, 0.5) is 5.88 Å². The molecular formula is C20H20N4O4. The molecule has 1 fully saturated rings. The molecule has 3 aromatic rings. The normalized spacial score (nSPS) is 14.5. The number of carbonyl (C=O) groups is 1. The number of hydrazone groups is 1. The van der Waals surface area contributed by atoms with E-state index >= 15 is 0 Å². The number of carbonyl (C=O) groups excluding carboxylic acids is 1. The first kappa shape index (κ1) is 18.0. The Morgan fingerprint density at radius 2 is 2.07 bits per heavy atom. The van der Waals surface area contributed by atoms with Crippen molar-refractivity contribution in [1.29, 1.82) is 0 Å². The van der Waals surface area contributed by atoms with Gasteiger partial charge in [0.2, 0.25) is 0 Å². The second-order valence-corrected chi connectivity index (χ2v) is 6.19. The number of hydrogen-bond acceptors (Lipinski definition) is 7. The highest BCUT2D eigenvalue weighted by Gasteiger charge is 2.14. The van der Waals surface area contributed by atoms with Crippen molar-refractivity contribution < 1.29 is 18.7 Å². The maximum atomic E-state index is 12.0. The summed E-state index contributed by atoms with van der Waals surface area (Å²) in [7, 11) is 0. The quantitative estimate of drug-likeness (QED) is 0.521. The van der Waals surface area contributed by atoms with Crippen LogP contribution in [0, 0.1) is 0 Å². The molecule has 28 heavy (non-hydrogen) atoms. The third-order valence-electron chi connectivity index (χ3n) is 4.27. The minimum atomic E-state index is -0.371. The van der Waals surface area contributed by atoms with Gasteiger partial charge in [-0.05, 0) is 18.2 Å². The van der Waals surface area contributed by atoms with Crippen molar-refractivity contribution >= 4 is 28.9 Å². The number of nitrogens with zero attached hydrogens (tertiary/aromatic N) is 3. The monoisotopic (exact) mass is 380 g/mol. The highest BCUT2D eigenvalue weighted by molar-refractivity contribution is 5.85. The van der Waals surface area contributed by atoms with Crippen LogP contribution in [0.15, 0.2) is 58.2 Å². The van der Waals surface area contributed by atoms with Gasteiger partial charge < -0.3 is 18.8 Å². The molecule has 0 radical (unpaired) electrons. The number of anilines is 1. The molecular weight excluding hydrogens is 360 g/mol. The number of para-hydroxylation sites is 1. The molecule has 8 nitrogen and oxygen atoms in total. The molecule has 4 rings (SSSR count). The average molecular weight is 380 g/mol. The molecule has 1 amide bonds. The lowest BCUT2D eigenvalue weighted by molar-refractivity contribution is -0.123. The summed E-state index contributed by atoms with van der Waals surface area (Å²) in [5.41, 5.74) is 3.15. The van der Waals surface area contributed by atoms with Crippen LogP contribution in [-0.4, -0.2) is 50.0 Å². The number of hydrogen-bond donors (Lipinski definition) is 1. The van der Waals surface area contributed by atoms with E-state index in [0.717, 1.165) is 24.4 Å². The SMILES string of the molecule is O=C(COc1cccc2cccnc12)N/N=C\c1ccc(N2CCOCC2)o1. The zero-order valence-electron chi connectivity index (χ0n) is 15.2. The number of amides is 1. The summed E-state index contributed by atoms with van der Waals surface area (Å²) in [6.45, 7) is 2.80. The van der Waals surface area contributed by atoms with Gasteiger partial charge in [-0.15, -0.1) is 0 Å². The first-order valence-electron chi connectivity index (χ1n) is 9.00. The van der Waals surface area contributed by atoms with E-state index in [2.05, 4.69) is 20.4 Å². The largest absolute Gasteiger partial charge is 0.481 e. The van der Waals surface area contributed by atoms with Crippen molar-refractivity contribution in [2.24, 2.45) is 5.10 Å². The number of morpholine rings is 1. The Hall–Kier alpha value is -3.39. The minimum Gasteiger partial charge on any atom is -0.481 e. The molecule has 1 aromatic carbocycles. The highest BCUT2D eigenvalue weighted by atomic mass is 16.5. The van der Waals surface area contributed by atoms with Crippen LogP contribution >= 0.6 is 0 Å². The molecule has 1 saturated heterocycles. The van der Waals surface area contributed by atoms with Crippen LogP contribution in [0.25, 0.3) is 10.9 Å². The van der Waals surface area contributed by atoms with Crippen LogP contribution < -0.4 is 15.1 Å². The summed E-state index contributed by atoms with van der Waals surface area (Å²) in [4.78, 5) is 18.4. The fourth-order valence-corrected chi connectivity index (χ4v) is 2.90. The maximum Gasteiger partial charge on any atom is 0.277 e. The van der Waals surface area contributed by atoms with E-state index in [1.54, 1.807) is 18.3 Å². The van der Waals surface area contributed by atoms with Gasteiger partial charge >= 0.3 is 0 Å². The predicted molar refractivity (Wildman–Crippen MR) is 105 cm³/mol. The Bertz CT molecular complexity index is 974. The van der Waals surface area contributed by atoms with Gasteiger partial charge in [-0.2, -0.15) is 5.10 Å². The number of aromatic nitrogens is 1. The van der Waals surface area contributed by atoms with Crippen molar-refractivity contribution in [2.45, 2.75) is 0 Å². The minimum absolute atomic E-state index is 0.162. The number of fused-ring (bicyclic) bond motifs is 1. The molecule has 0 atom stereocenters. The Labute approximate surface area is 161 Å². The van der Waals surface area contributed by atoms with E-state index in [1.165, 1.54) is 6.21 Å². The molecule has 0 spiro atoms. The van der Waals surface area contributed by atoms with Crippen LogP contribution in [0.5, 0.6) is 5.75 Å². The standard InChI is InChI=1S/C20H20N4O4/c25-18(14-27-17-5-1-3-15-4-2-8-21-20(15)17)23-22-13-16-6-7-19(28-16)24-9-11-26-12-10-24/h1-8,13H,9-12,14H2,(H,23,25)/b22-13-. The van der Waals surface area contributed by atoms with Gasteiger partial charge in [0.15, 0.2) is 12.5 Å². The molecule has 1 aliphatic rings. The van der Waals surface area contributed by atoms with E-state index in [9.17, 15) is 4.79 Å². The summed E-state index contributed by atoms with van der Waals surface area (Å²) in [5, 5.41) is 4.87. The van der Waals surface area contributed by atoms with Gasteiger partial charge in [0.25, 0.3) is 5.91 Å². The third-order valence-corrected chi connectivity index (χ3v) is 4.27. The molecule has 3 heterocycles. The molecule has 0 saturated carbocycles. The van der Waals surface area contributed by atoms with Crippen molar-refractivity contribution in [3.8, 4) is 5.75 Å². The maximum absolute atomic E-state index is 12.0. The molecule has 1 N–H and O–H groups in total. The topological polar surface area (TPSA) is 89.2 Å². The van der Waals surface area contributed by atoms with Crippen molar-refractivity contribution in [3.63, 3.8) is 0 Å². The first-order chi connectivity index (χ1) is 13.8. The number of nitrogens with one attached hydrogen (secondary N) is 1. The number of rotatable bonds is 6. The van der Waals surface area contributed by atoms with E-state index in [4.69, 9.17) is 13.9 Å². The fourth-order valence-electron chi connectivity index (χ4n) is 2.90. The van der Waals surface area contributed by atoms with Crippen LogP contribution in [0.3, 0.4) is 0 Å². The van der Waals surface area contributed by atoms with Gasteiger partial charge in [-0.3, -0.25) is 9.78 Å². The molecule has 2 aromatic heterocycles. The first-order valence-corrected chi connectivity index (χ1v) is 9.00. The van der Waals surface area contributed by atoms with Crippen LogP contribution in [0.2, 0.25) is 0 Å². The van der Waals surface area contributed by atoms with Gasteiger partial charge in [0.1, 0.15) is 17.0 Å². The van der Waals surface area contributed by atoms with Crippen molar-refractivity contribution in [3.05, 3.63) is 54.4 Å². The van der Waals surface area contributed by atoms with Gasteiger partial charge in [-0.1, -0.05) is 18.2 Å². The number of pyridine rings is 1. The van der Waals surface area contributed by atoms with Gasteiger partial charge in [0, 0.05) is 30.7 Å². The van der Waals surface area contributed by atoms with E-state index in [1.807, 2.05) is 30.3 Å². The highest BCUT2D eigenvalue weighted by Crippen LogP contribution is 2.22. The van der Waals surface area contributed by atoms with Crippen LogP contribution in [0.1, 0.15) is 5.76 Å². The summed E-state index contributed by atoms with van der Waals surface area (Å²) >= 11 is 0. The fraction of sp³-hybridized carbons (Fsp3) is 0.250. The summed E-state index contributed by atoms with van der Waals surface area (Å²) in [6.07, 6.45) is 3.15. The molecule has 144 valence electrons. The van der Waals surface area contributed by atoms with E-state index < -0.39 is 0 Å². The lowest BCUT2D eigenvalue weighted by Gasteiger charge is -2.26. The van der Waals surface area contributed by atoms with Crippen molar-refractivity contribution in [2.75, 3.05) is 37.8 Å². The van der Waals surface area contributed by atoms with E-state index in [0.29, 0.717) is 30.2 Å². The lowest BCUT2D eigenvalue weighted by atomic mass is 10.2. The summed E-state index contributed by atoms with van der Waals surface area (Å²) in [6, 6.07) is 13.1. The Morgan fingerprint density at radius 1 is 1.21 bits per heavy atom. The van der Waals surface area contributed by atoms with E-state index in [-0.39, 0.29) is 12.5 Å². The number of benzene rings is 1. The lowest BCUT2D eigenvalue weighted by Crippen LogP contribution is -2.35. The van der Waals surface area contributed by atoms with Gasteiger partial charge in [0.05, 0.1) is 19.4 Å². The van der Waals surface area contributed by atoms with Gasteiger partial charge in [-0.25, -0.2) is 5.43 Å². The van der Waals surface area contributed by atoms with Crippen LogP contribution in [-0.2, 0) is 9.53 Å². The number of furan rings is 1. The Balaban J connectivity index is 1.29. The third kappa shape index (κ3) is 4.29. The zero-order valence-corrected chi connectivity index (χ0v) is 15.2. The van der Waals surface area contributed by atoms with Crippen molar-refractivity contribution in [1.82, 2.24) is 10.4 Å². The molecule has 0 unspecified atom stereocenters. The molecule has 8 heteroatoms. The second-order valence-electron chi connectivity index (χ2n) is 6.19. The predicted octanol–water partition coefficient (Wildman–Crippen LogP) is 2.19. The summed E-state index contributed by atoms with van der Waals surface area (Å²) < 4.78 is 16.6. The molecule has 0 bridgehead atoms. The Kier molecular flexibility index (Phi) is 5.48.